The van der Waals surface area contributed by atoms with Crippen molar-refractivity contribution in [2.75, 3.05) is 29.6 Å². The summed E-state index contributed by atoms with van der Waals surface area (Å²) in [6.07, 6.45) is 1.28. The van der Waals surface area contributed by atoms with E-state index in [2.05, 4.69) is 10.6 Å². The Morgan fingerprint density at radius 3 is 2.11 bits per heavy atom. The van der Waals surface area contributed by atoms with E-state index in [1.165, 1.54) is 18.3 Å². The van der Waals surface area contributed by atoms with Gasteiger partial charge in [-0.25, -0.2) is 0 Å². The first kappa shape index (κ1) is 20.0. The van der Waals surface area contributed by atoms with Crippen LogP contribution in [-0.4, -0.2) is 33.0 Å². The molecule has 0 aliphatic rings. The topological polar surface area (TPSA) is 123 Å². The number of nitriles is 1. The molecule has 2 rings (SSSR count). The van der Waals surface area contributed by atoms with Gasteiger partial charge >= 0.3 is 0 Å². The van der Waals surface area contributed by atoms with Crippen LogP contribution in [0, 0.1) is 11.3 Å². The van der Waals surface area contributed by atoms with Gasteiger partial charge < -0.3 is 15.5 Å². The predicted molar refractivity (Wildman–Crippen MR) is 103 cm³/mol. The normalized spacial score (nSPS) is 11.4. The summed E-state index contributed by atoms with van der Waals surface area (Å²) >= 11 is 0. The van der Waals surface area contributed by atoms with Gasteiger partial charge in [-0.1, -0.05) is 0 Å². The van der Waals surface area contributed by atoms with Crippen LogP contribution in [0.4, 0.5) is 17.1 Å². The number of nitrogens with one attached hydrogen (secondary N) is 2. The molecule has 8 nitrogen and oxygen atoms in total. The molecule has 0 saturated carbocycles. The van der Waals surface area contributed by atoms with E-state index in [-0.39, 0.29) is 16.2 Å². The summed E-state index contributed by atoms with van der Waals surface area (Å²) < 4.78 is 30.9. The van der Waals surface area contributed by atoms with Crippen molar-refractivity contribution in [1.82, 2.24) is 0 Å². The van der Waals surface area contributed by atoms with Crippen molar-refractivity contribution >= 4 is 33.1 Å². The maximum Gasteiger partial charge on any atom is 0.294 e. The van der Waals surface area contributed by atoms with Crippen molar-refractivity contribution in [2.24, 2.45) is 0 Å². The SMILES string of the molecule is CN(C)c1ccc(N/C=C(/C#N)C(=O)Nc2ccc(S(=O)(=O)O)cc2)cc1. The Hall–Kier alpha value is -3.35. The van der Waals surface area contributed by atoms with Crippen LogP contribution in [0.25, 0.3) is 0 Å². The number of hydrogen-bond acceptors (Lipinski definition) is 6. The van der Waals surface area contributed by atoms with Crippen LogP contribution in [-0.2, 0) is 14.9 Å². The number of benzene rings is 2. The molecule has 1 amide bonds. The average molecular weight is 386 g/mol. The molecule has 2 aromatic rings. The van der Waals surface area contributed by atoms with E-state index in [1.54, 1.807) is 6.07 Å². The molecule has 3 N–H and O–H groups in total. The van der Waals surface area contributed by atoms with Crippen molar-refractivity contribution in [3.8, 4) is 6.07 Å². The lowest BCUT2D eigenvalue weighted by Gasteiger charge is -2.12. The Bertz CT molecular complexity index is 989. The van der Waals surface area contributed by atoms with Gasteiger partial charge in [0.2, 0.25) is 0 Å². The van der Waals surface area contributed by atoms with Crippen LogP contribution in [0.3, 0.4) is 0 Å². The second kappa shape index (κ2) is 8.35. The molecular formula is C18H18N4O4S. The van der Waals surface area contributed by atoms with Crippen molar-refractivity contribution < 1.29 is 17.8 Å². The maximum atomic E-state index is 12.2. The zero-order valence-electron chi connectivity index (χ0n) is 14.7. The van der Waals surface area contributed by atoms with Gasteiger partial charge in [-0.15, -0.1) is 0 Å². The number of carbonyl (C=O) groups excluding carboxylic acids is 1. The molecule has 0 aromatic heterocycles. The molecule has 0 aliphatic carbocycles. The Kier molecular flexibility index (Phi) is 6.18. The zero-order chi connectivity index (χ0) is 20.0. The second-order valence-electron chi connectivity index (χ2n) is 5.71. The van der Waals surface area contributed by atoms with Gasteiger partial charge in [0, 0.05) is 37.4 Å². The minimum absolute atomic E-state index is 0.162. The number of rotatable bonds is 6. The number of anilines is 3. The van der Waals surface area contributed by atoms with Crippen LogP contribution in [0.1, 0.15) is 0 Å². The highest BCUT2D eigenvalue weighted by Gasteiger charge is 2.12. The predicted octanol–water partition coefficient (Wildman–Crippen LogP) is 2.46. The molecular weight excluding hydrogens is 368 g/mol. The fourth-order valence-corrected chi connectivity index (χ4v) is 2.55. The van der Waals surface area contributed by atoms with Gasteiger partial charge in [0.25, 0.3) is 16.0 Å². The molecule has 0 saturated heterocycles. The third kappa shape index (κ3) is 5.57. The summed E-state index contributed by atoms with van der Waals surface area (Å²) in [5.41, 5.74) is 1.84. The molecule has 0 heterocycles. The Labute approximate surface area is 157 Å². The number of hydrogen-bond donors (Lipinski definition) is 3. The lowest BCUT2D eigenvalue weighted by molar-refractivity contribution is -0.112. The molecule has 0 aliphatic heterocycles. The largest absolute Gasteiger partial charge is 0.378 e. The van der Waals surface area contributed by atoms with Crippen LogP contribution in [0.15, 0.2) is 65.2 Å². The van der Waals surface area contributed by atoms with Gasteiger partial charge in [0.1, 0.15) is 11.6 Å². The van der Waals surface area contributed by atoms with Gasteiger partial charge in [-0.05, 0) is 48.5 Å². The molecule has 0 bridgehead atoms. The molecule has 140 valence electrons. The lowest BCUT2D eigenvalue weighted by Crippen LogP contribution is -2.14. The third-order valence-electron chi connectivity index (χ3n) is 3.54. The fourth-order valence-electron chi connectivity index (χ4n) is 2.07. The van der Waals surface area contributed by atoms with E-state index in [1.807, 2.05) is 43.3 Å². The van der Waals surface area contributed by atoms with Gasteiger partial charge in [-0.2, -0.15) is 13.7 Å². The Morgan fingerprint density at radius 2 is 1.63 bits per heavy atom. The molecule has 0 spiro atoms. The summed E-state index contributed by atoms with van der Waals surface area (Å²) in [5.74, 6) is -0.658. The molecule has 27 heavy (non-hydrogen) atoms. The summed E-state index contributed by atoms with van der Waals surface area (Å²) in [6.45, 7) is 0. The van der Waals surface area contributed by atoms with Crippen molar-refractivity contribution in [2.45, 2.75) is 4.90 Å². The highest BCUT2D eigenvalue weighted by atomic mass is 32.2. The summed E-state index contributed by atoms with van der Waals surface area (Å²) in [7, 11) is -0.467. The standard InChI is InChI=1S/C18H18N4O4S/c1-22(2)16-7-3-14(4-8-16)20-12-13(11-19)18(23)21-15-5-9-17(10-6-15)27(24,25)26/h3-10,12,20H,1-2H3,(H,21,23)(H,24,25,26)/b13-12-. The molecule has 0 unspecified atom stereocenters. The van der Waals surface area contributed by atoms with E-state index in [0.717, 1.165) is 17.8 Å². The van der Waals surface area contributed by atoms with Crippen LogP contribution in [0.2, 0.25) is 0 Å². The fraction of sp³-hybridized carbons (Fsp3) is 0.111. The quantitative estimate of drug-likeness (QED) is 0.396. The zero-order valence-corrected chi connectivity index (χ0v) is 15.5. The first-order valence-corrected chi connectivity index (χ1v) is 9.18. The smallest absolute Gasteiger partial charge is 0.294 e. The van der Waals surface area contributed by atoms with Gasteiger partial charge in [0.15, 0.2) is 0 Å². The molecule has 0 atom stereocenters. The van der Waals surface area contributed by atoms with E-state index in [9.17, 15) is 18.5 Å². The monoisotopic (exact) mass is 386 g/mol. The van der Waals surface area contributed by atoms with Crippen molar-refractivity contribution in [3.63, 3.8) is 0 Å². The molecule has 0 fully saturated rings. The van der Waals surface area contributed by atoms with E-state index in [4.69, 9.17) is 4.55 Å². The maximum absolute atomic E-state index is 12.2. The number of amides is 1. The number of carbonyl (C=O) groups is 1. The van der Waals surface area contributed by atoms with Gasteiger partial charge in [-0.3, -0.25) is 9.35 Å². The van der Waals surface area contributed by atoms with E-state index < -0.39 is 16.0 Å². The Morgan fingerprint density at radius 1 is 1.07 bits per heavy atom. The van der Waals surface area contributed by atoms with Crippen LogP contribution in [0.5, 0.6) is 0 Å². The molecule has 9 heteroatoms. The third-order valence-corrected chi connectivity index (χ3v) is 4.41. The average Bonchev–Trinajstić information content (AvgIpc) is 2.62. The first-order valence-electron chi connectivity index (χ1n) is 7.74. The molecule has 2 aromatic carbocycles. The van der Waals surface area contributed by atoms with Crippen LogP contribution < -0.4 is 15.5 Å². The Balaban J connectivity index is 2.06. The highest BCUT2D eigenvalue weighted by Crippen LogP contribution is 2.17. The van der Waals surface area contributed by atoms with E-state index in [0.29, 0.717) is 5.69 Å². The first-order chi connectivity index (χ1) is 12.7. The summed E-state index contributed by atoms with van der Waals surface area (Å²) in [4.78, 5) is 13.8. The summed E-state index contributed by atoms with van der Waals surface area (Å²) in [5, 5.41) is 14.5. The second-order valence-corrected chi connectivity index (χ2v) is 7.13. The minimum Gasteiger partial charge on any atom is -0.378 e. The number of nitrogens with zero attached hydrogens (tertiary/aromatic N) is 2. The van der Waals surface area contributed by atoms with Crippen molar-refractivity contribution in [3.05, 3.63) is 60.3 Å². The minimum atomic E-state index is -4.31. The highest BCUT2D eigenvalue weighted by molar-refractivity contribution is 7.85. The summed E-state index contributed by atoms with van der Waals surface area (Å²) in [6, 6.07) is 14.1. The van der Waals surface area contributed by atoms with Crippen molar-refractivity contribution in [1.29, 1.82) is 5.26 Å². The molecule has 0 radical (unpaired) electrons. The van der Waals surface area contributed by atoms with Gasteiger partial charge in [0.05, 0.1) is 4.90 Å². The van der Waals surface area contributed by atoms with E-state index >= 15 is 0 Å². The lowest BCUT2D eigenvalue weighted by atomic mass is 10.2. The van der Waals surface area contributed by atoms with Crippen LogP contribution >= 0.6 is 0 Å².